The second kappa shape index (κ2) is 11.5. The molecule has 0 atom stereocenters. The van der Waals surface area contributed by atoms with Crippen LogP contribution in [0.1, 0.15) is 70.3 Å². The molecule has 172 valence electrons. The van der Waals surface area contributed by atoms with Crippen molar-refractivity contribution in [1.82, 2.24) is 19.7 Å². The van der Waals surface area contributed by atoms with Gasteiger partial charge in [-0.1, -0.05) is 62.8 Å². The molecule has 2 aliphatic rings. The van der Waals surface area contributed by atoms with Crippen LogP contribution in [0.5, 0.6) is 0 Å². The second-order valence-corrected chi connectivity index (χ2v) is 9.60. The maximum absolute atomic E-state index is 4.74. The molecule has 1 aromatic carbocycles. The Morgan fingerprint density at radius 3 is 2.41 bits per heavy atom. The van der Waals surface area contributed by atoms with E-state index in [9.17, 15) is 0 Å². The van der Waals surface area contributed by atoms with Crippen LogP contribution in [0.15, 0.2) is 42.9 Å². The number of fused-ring (bicyclic) bond motifs is 1. The Balaban J connectivity index is 0.000000300. The van der Waals surface area contributed by atoms with Crippen molar-refractivity contribution in [3.8, 4) is 11.3 Å². The highest BCUT2D eigenvalue weighted by Gasteiger charge is 2.15. The zero-order valence-electron chi connectivity index (χ0n) is 19.8. The fourth-order valence-electron chi connectivity index (χ4n) is 4.80. The maximum atomic E-state index is 4.74. The van der Waals surface area contributed by atoms with Crippen LogP contribution in [-0.2, 0) is 0 Å². The zero-order chi connectivity index (χ0) is 22.2. The minimum atomic E-state index is 0.512. The van der Waals surface area contributed by atoms with Crippen LogP contribution in [-0.4, -0.2) is 33.5 Å². The molecule has 1 saturated heterocycles. The average Bonchev–Trinajstić information content (AvgIpc) is 3.27. The summed E-state index contributed by atoms with van der Waals surface area (Å²) in [5.41, 5.74) is 4.43. The van der Waals surface area contributed by atoms with Crippen LogP contribution >= 0.6 is 0 Å². The predicted molar refractivity (Wildman–Crippen MR) is 134 cm³/mol. The van der Waals surface area contributed by atoms with Crippen LogP contribution in [0.25, 0.3) is 16.9 Å². The van der Waals surface area contributed by atoms with E-state index in [-0.39, 0.29) is 0 Å². The number of nitrogens with zero attached hydrogens (tertiary/aromatic N) is 3. The van der Waals surface area contributed by atoms with E-state index in [0.717, 1.165) is 23.1 Å². The Morgan fingerprint density at radius 1 is 0.969 bits per heavy atom. The molecule has 0 bridgehead atoms. The lowest BCUT2D eigenvalue weighted by atomic mass is 9.97. The van der Waals surface area contributed by atoms with Crippen molar-refractivity contribution in [2.24, 2.45) is 5.92 Å². The molecule has 2 fully saturated rings. The molecule has 3 aromatic rings. The van der Waals surface area contributed by atoms with Crippen LogP contribution in [0.4, 0.5) is 5.82 Å². The Labute approximate surface area is 193 Å². The smallest absolute Gasteiger partial charge is 0.180 e. The first-order chi connectivity index (χ1) is 15.7. The summed E-state index contributed by atoms with van der Waals surface area (Å²) in [7, 11) is 0. The van der Waals surface area contributed by atoms with E-state index >= 15 is 0 Å². The van der Waals surface area contributed by atoms with Crippen molar-refractivity contribution in [2.45, 2.75) is 77.7 Å². The van der Waals surface area contributed by atoms with Gasteiger partial charge >= 0.3 is 0 Å². The molecule has 32 heavy (non-hydrogen) atoms. The lowest BCUT2D eigenvalue weighted by Crippen LogP contribution is -2.26. The van der Waals surface area contributed by atoms with E-state index in [0.29, 0.717) is 6.04 Å². The number of rotatable bonds is 3. The van der Waals surface area contributed by atoms with Gasteiger partial charge in [0, 0.05) is 24.0 Å². The summed E-state index contributed by atoms with van der Waals surface area (Å²) in [6.45, 7) is 6.91. The van der Waals surface area contributed by atoms with Gasteiger partial charge in [-0.25, -0.2) is 9.97 Å². The molecule has 1 aliphatic carbocycles. The van der Waals surface area contributed by atoms with Crippen LogP contribution < -0.4 is 10.6 Å². The second-order valence-electron chi connectivity index (χ2n) is 9.60. The lowest BCUT2D eigenvalue weighted by molar-refractivity contribution is 0.402. The van der Waals surface area contributed by atoms with Gasteiger partial charge in [-0.05, 0) is 57.7 Å². The number of hydrogen-bond donors (Lipinski definition) is 2. The summed E-state index contributed by atoms with van der Waals surface area (Å²) in [6.07, 6.45) is 17.8. The molecule has 0 radical (unpaired) electrons. The Bertz CT molecular complexity index is 965. The molecular formula is C27H39N5. The van der Waals surface area contributed by atoms with Crippen molar-refractivity contribution < 1.29 is 0 Å². The van der Waals surface area contributed by atoms with Gasteiger partial charge in [0.05, 0.1) is 11.9 Å². The standard InChI is InChI=1S/C21H26N4.C6H13N/c1-16-8-7-9-17(14-16)19-15-23-20(21-22-12-13-25(19)21)24-18-10-5-3-2-4-6-11-18;1-6-2-4-7-5-3-6/h7-9,12-15,18H,2-6,10-11H2,1H3,(H,23,24);6-7H,2-5H2,1H3. The third-order valence-corrected chi connectivity index (χ3v) is 6.82. The largest absolute Gasteiger partial charge is 0.364 e. The Hall–Kier alpha value is -2.40. The van der Waals surface area contributed by atoms with Gasteiger partial charge in [0.25, 0.3) is 0 Å². The van der Waals surface area contributed by atoms with E-state index < -0.39 is 0 Å². The molecule has 0 unspecified atom stereocenters. The molecule has 5 heteroatoms. The van der Waals surface area contributed by atoms with Crippen LogP contribution in [0.2, 0.25) is 0 Å². The summed E-state index contributed by atoms with van der Waals surface area (Å²) in [5.74, 6) is 1.88. The first kappa shape index (κ1) is 22.8. The minimum Gasteiger partial charge on any atom is -0.364 e. The van der Waals surface area contributed by atoms with Gasteiger partial charge in [-0.3, -0.25) is 4.40 Å². The van der Waals surface area contributed by atoms with Gasteiger partial charge in [-0.2, -0.15) is 0 Å². The Morgan fingerprint density at radius 2 is 1.72 bits per heavy atom. The minimum absolute atomic E-state index is 0.512. The normalized spacial score (nSPS) is 18.4. The number of hydrogen-bond acceptors (Lipinski definition) is 4. The van der Waals surface area contributed by atoms with Crippen LogP contribution in [0.3, 0.4) is 0 Å². The Kier molecular flexibility index (Phi) is 8.16. The molecule has 0 spiro atoms. The summed E-state index contributed by atoms with van der Waals surface area (Å²) in [5, 5.41) is 6.99. The quantitative estimate of drug-likeness (QED) is 0.514. The molecule has 3 heterocycles. The van der Waals surface area contributed by atoms with Crippen molar-refractivity contribution in [3.63, 3.8) is 0 Å². The molecule has 5 nitrogen and oxygen atoms in total. The number of imidazole rings is 1. The van der Waals surface area contributed by atoms with Gasteiger partial charge in [0.2, 0.25) is 0 Å². The van der Waals surface area contributed by atoms with Gasteiger partial charge in [0.1, 0.15) is 0 Å². The highest BCUT2D eigenvalue weighted by Crippen LogP contribution is 2.26. The fraction of sp³-hybridized carbons (Fsp3) is 0.556. The average molecular weight is 434 g/mol. The predicted octanol–water partition coefficient (Wildman–Crippen LogP) is 6.24. The van der Waals surface area contributed by atoms with Crippen molar-refractivity contribution in [1.29, 1.82) is 0 Å². The molecule has 5 rings (SSSR count). The van der Waals surface area contributed by atoms with E-state index in [2.05, 4.69) is 58.1 Å². The first-order valence-corrected chi connectivity index (χ1v) is 12.6. The summed E-state index contributed by atoms with van der Waals surface area (Å²) >= 11 is 0. The van der Waals surface area contributed by atoms with Crippen LogP contribution in [0, 0.1) is 12.8 Å². The first-order valence-electron chi connectivity index (χ1n) is 12.6. The zero-order valence-corrected chi connectivity index (χ0v) is 19.8. The number of benzene rings is 1. The molecular weight excluding hydrogens is 394 g/mol. The summed E-state index contributed by atoms with van der Waals surface area (Å²) in [6, 6.07) is 9.04. The van der Waals surface area contributed by atoms with E-state index in [1.807, 2.05) is 18.6 Å². The van der Waals surface area contributed by atoms with Crippen molar-refractivity contribution in [2.75, 3.05) is 18.4 Å². The number of piperidine rings is 1. The molecule has 2 aromatic heterocycles. The van der Waals surface area contributed by atoms with Gasteiger partial charge in [0.15, 0.2) is 11.5 Å². The third kappa shape index (κ3) is 6.10. The van der Waals surface area contributed by atoms with Gasteiger partial charge in [-0.15, -0.1) is 0 Å². The van der Waals surface area contributed by atoms with E-state index in [1.165, 1.54) is 82.0 Å². The topological polar surface area (TPSA) is 54.2 Å². The monoisotopic (exact) mass is 433 g/mol. The molecule has 0 amide bonds. The number of nitrogens with one attached hydrogen (secondary N) is 2. The van der Waals surface area contributed by atoms with Crippen molar-refractivity contribution in [3.05, 3.63) is 48.4 Å². The van der Waals surface area contributed by atoms with Crippen molar-refractivity contribution >= 4 is 11.5 Å². The van der Waals surface area contributed by atoms with E-state index in [1.54, 1.807) is 0 Å². The van der Waals surface area contributed by atoms with Gasteiger partial charge < -0.3 is 10.6 Å². The highest BCUT2D eigenvalue weighted by molar-refractivity contribution is 5.70. The lowest BCUT2D eigenvalue weighted by Gasteiger charge is -2.22. The number of aromatic nitrogens is 3. The highest BCUT2D eigenvalue weighted by atomic mass is 15.1. The molecule has 2 N–H and O–H groups in total. The fourth-order valence-corrected chi connectivity index (χ4v) is 4.80. The summed E-state index contributed by atoms with van der Waals surface area (Å²) < 4.78 is 2.15. The molecule has 1 saturated carbocycles. The third-order valence-electron chi connectivity index (χ3n) is 6.82. The SMILES string of the molecule is CC1CCNCC1.Cc1cccc(-c2cnc(NC3CCCCCCC3)c3nccn23)c1. The maximum Gasteiger partial charge on any atom is 0.180 e. The van der Waals surface area contributed by atoms with E-state index in [4.69, 9.17) is 4.98 Å². The molecule has 1 aliphatic heterocycles. The number of anilines is 1. The summed E-state index contributed by atoms with van der Waals surface area (Å²) in [4.78, 5) is 9.31. The number of aryl methyl sites for hydroxylation is 1.